The molecule has 1 nitrogen and oxygen atoms in total. The highest BCUT2D eigenvalue weighted by atomic mass is 16.1. The van der Waals surface area contributed by atoms with E-state index in [4.69, 9.17) is 0 Å². The lowest BCUT2D eigenvalue weighted by atomic mass is 9.51. The molecule has 0 aliphatic heterocycles. The fourth-order valence-corrected chi connectivity index (χ4v) is 9.23. The first-order valence-corrected chi connectivity index (χ1v) is 22.3. The van der Waals surface area contributed by atoms with Gasteiger partial charge in [0.2, 0.25) is 0 Å². The second-order valence-electron chi connectivity index (χ2n) is 16.1. The second kappa shape index (κ2) is 30.3. The van der Waals surface area contributed by atoms with E-state index in [1.165, 1.54) is 211 Å². The van der Waals surface area contributed by atoms with Crippen LogP contribution < -0.4 is 0 Å². The van der Waals surface area contributed by atoms with E-state index < -0.39 is 0 Å². The van der Waals surface area contributed by atoms with Crippen LogP contribution in [0.1, 0.15) is 260 Å². The number of Topliss-reactive ketones (excluding diaryl/α,β-unsaturated/α-hetero) is 1. The molecule has 47 heavy (non-hydrogen) atoms. The van der Waals surface area contributed by atoms with Crippen LogP contribution in [-0.4, -0.2) is 5.78 Å². The van der Waals surface area contributed by atoms with Gasteiger partial charge in [-0.2, -0.15) is 0 Å². The molecule has 2 unspecified atom stereocenters. The molecular weight excluding hydrogens is 569 g/mol. The van der Waals surface area contributed by atoms with Gasteiger partial charge in [-0.15, -0.1) is 0 Å². The van der Waals surface area contributed by atoms with Gasteiger partial charge in [0.25, 0.3) is 0 Å². The lowest BCUT2D eigenvalue weighted by molar-refractivity contribution is -0.128. The van der Waals surface area contributed by atoms with Crippen LogP contribution in [0.4, 0.5) is 0 Å². The van der Waals surface area contributed by atoms with Crippen molar-refractivity contribution in [3.05, 3.63) is 11.1 Å². The fraction of sp³-hybridized carbons (Fsp3) is 0.935. The Balaban J connectivity index is 3.68. The largest absolute Gasteiger partial charge is 0.294 e. The van der Waals surface area contributed by atoms with Gasteiger partial charge >= 0.3 is 0 Å². The molecule has 0 aromatic rings. The zero-order chi connectivity index (χ0) is 34.4. The average Bonchev–Trinajstić information content (AvgIpc) is 3.07. The van der Waals surface area contributed by atoms with Gasteiger partial charge in [0, 0.05) is 5.92 Å². The first-order chi connectivity index (χ1) is 23.1. The van der Waals surface area contributed by atoms with Crippen LogP contribution in [0.3, 0.4) is 0 Å². The maximum Gasteiger partial charge on any atom is 0.162 e. The quantitative estimate of drug-likeness (QED) is 0.0630. The maximum atomic E-state index is 15.2. The predicted octanol–water partition coefficient (Wildman–Crippen LogP) is 16.5. The molecule has 0 heterocycles. The van der Waals surface area contributed by atoms with Gasteiger partial charge in [0.1, 0.15) is 0 Å². The molecule has 0 saturated heterocycles. The van der Waals surface area contributed by atoms with E-state index in [9.17, 15) is 0 Å². The van der Waals surface area contributed by atoms with Gasteiger partial charge in [-0.05, 0) is 68.3 Å². The van der Waals surface area contributed by atoms with Crippen LogP contribution in [0.25, 0.3) is 0 Å². The van der Waals surface area contributed by atoms with E-state index in [1.807, 2.05) is 0 Å². The number of carbonyl (C=O) groups is 1. The van der Waals surface area contributed by atoms with Crippen LogP contribution >= 0.6 is 0 Å². The third-order valence-corrected chi connectivity index (χ3v) is 12.1. The molecule has 0 aromatic heterocycles. The first kappa shape index (κ1) is 44.4. The van der Waals surface area contributed by atoms with Crippen molar-refractivity contribution in [1.29, 1.82) is 0 Å². The second-order valence-corrected chi connectivity index (χ2v) is 16.1. The fourth-order valence-electron chi connectivity index (χ4n) is 9.23. The third kappa shape index (κ3) is 17.8. The van der Waals surface area contributed by atoms with E-state index in [0.29, 0.717) is 11.7 Å². The molecule has 0 bridgehead atoms. The van der Waals surface area contributed by atoms with Crippen LogP contribution in [0.15, 0.2) is 11.1 Å². The summed E-state index contributed by atoms with van der Waals surface area (Å²) in [4.78, 5) is 15.2. The minimum atomic E-state index is 0.207. The molecule has 0 saturated carbocycles. The predicted molar refractivity (Wildman–Crippen MR) is 212 cm³/mol. The van der Waals surface area contributed by atoms with Crippen LogP contribution in [-0.2, 0) is 4.79 Å². The lowest BCUT2D eigenvalue weighted by Gasteiger charge is -2.52. The molecule has 2 atom stereocenters. The minimum absolute atomic E-state index is 0.207. The standard InChI is InChI=1S/C46H88O/c1-7-13-19-25-30-35-41-42(36-29-23-17-11-5)45(47)44(38-31-24-18-12-6)46(39-33-27-21-15-9-3,40-34-28-22-16-10-4)43(41)37-32-26-20-14-8-2/h43-44H,7-40H2,1-6H3. The van der Waals surface area contributed by atoms with Crippen molar-refractivity contribution in [2.24, 2.45) is 17.3 Å². The van der Waals surface area contributed by atoms with Crippen molar-refractivity contribution >= 4 is 5.78 Å². The SMILES string of the molecule is CCCCCCCC1=C(CCCCCC)C(=O)C(CCCCCC)C(CCCCCCC)(CCCCCCC)C1CCCCCCC. The Hall–Kier alpha value is -0.590. The molecule has 0 radical (unpaired) electrons. The zero-order valence-corrected chi connectivity index (χ0v) is 33.6. The van der Waals surface area contributed by atoms with E-state index in [-0.39, 0.29) is 11.3 Å². The summed E-state index contributed by atoms with van der Waals surface area (Å²) in [5, 5.41) is 0. The third-order valence-electron chi connectivity index (χ3n) is 12.1. The highest BCUT2D eigenvalue weighted by Gasteiger charge is 2.52. The smallest absolute Gasteiger partial charge is 0.162 e. The van der Waals surface area contributed by atoms with Crippen molar-refractivity contribution in [2.75, 3.05) is 0 Å². The molecule has 1 aliphatic rings. The summed E-state index contributed by atoms with van der Waals surface area (Å²) in [5.74, 6) is 1.59. The number of unbranched alkanes of at least 4 members (excludes halogenated alkanes) is 22. The number of ketones is 1. The average molecular weight is 657 g/mol. The summed E-state index contributed by atoms with van der Waals surface area (Å²) in [5.41, 5.74) is 3.30. The first-order valence-electron chi connectivity index (χ1n) is 22.3. The van der Waals surface area contributed by atoms with Crippen LogP contribution in [0, 0.1) is 17.3 Å². The topological polar surface area (TPSA) is 17.1 Å². The number of carbonyl (C=O) groups excluding carboxylic acids is 1. The van der Waals surface area contributed by atoms with E-state index in [2.05, 4.69) is 41.5 Å². The normalized spacial score (nSPS) is 18.0. The number of rotatable bonds is 34. The molecule has 0 N–H and O–H groups in total. The molecule has 1 heteroatoms. The lowest BCUT2D eigenvalue weighted by Crippen LogP contribution is -2.48. The van der Waals surface area contributed by atoms with Gasteiger partial charge in [0.15, 0.2) is 5.78 Å². The minimum Gasteiger partial charge on any atom is -0.294 e. The Kier molecular flexibility index (Phi) is 28.6. The Morgan fingerprint density at radius 2 is 0.723 bits per heavy atom. The molecule has 0 fully saturated rings. The summed E-state index contributed by atoms with van der Waals surface area (Å²) in [6.45, 7) is 14.0. The summed E-state index contributed by atoms with van der Waals surface area (Å²) < 4.78 is 0. The molecule has 0 amide bonds. The van der Waals surface area contributed by atoms with Crippen molar-refractivity contribution in [1.82, 2.24) is 0 Å². The number of allylic oxidation sites excluding steroid dienone is 2. The van der Waals surface area contributed by atoms with E-state index >= 15 is 4.79 Å². The Morgan fingerprint density at radius 3 is 1.19 bits per heavy atom. The van der Waals surface area contributed by atoms with Crippen molar-refractivity contribution in [3.63, 3.8) is 0 Å². The van der Waals surface area contributed by atoms with Crippen LogP contribution in [0.2, 0.25) is 0 Å². The van der Waals surface area contributed by atoms with Crippen molar-refractivity contribution in [3.8, 4) is 0 Å². The molecule has 0 aromatic carbocycles. The van der Waals surface area contributed by atoms with Crippen molar-refractivity contribution < 1.29 is 4.79 Å². The van der Waals surface area contributed by atoms with Gasteiger partial charge < -0.3 is 0 Å². The maximum absolute atomic E-state index is 15.2. The van der Waals surface area contributed by atoms with Gasteiger partial charge in [-0.1, -0.05) is 214 Å². The molecule has 0 spiro atoms. The van der Waals surface area contributed by atoms with E-state index in [1.54, 1.807) is 5.57 Å². The highest BCUT2D eigenvalue weighted by molar-refractivity contribution is 5.99. The monoisotopic (exact) mass is 657 g/mol. The number of hydrogen-bond donors (Lipinski definition) is 0. The summed E-state index contributed by atoms with van der Waals surface area (Å²) >= 11 is 0. The Bertz CT molecular complexity index is 732. The summed E-state index contributed by atoms with van der Waals surface area (Å²) in [6.07, 6.45) is 44.8. The molecular formula is C46H88O. The summed E-state index contributed by atoms with van der Waals surface area (Å²) in [7, 11) is 0. The van der Waals surface area contributed by atoms with Gasteiger partial charge in [0.05, 0.1) is 0 Å². The Morgan fingerprint density at radius 1 is 0.383 bits per heavy atom. The van der Waals surface area contributed by atoms with Gasteiger partial charge in [-0.3, -0.25) is 4.79 Å². The Labute approximate surface area is 298 Å². The number of hydrogen-bond acceptors (Lipinski definition) is 1. The zero-order valence-electron chi connectivity index (χ0n) is 33.6. The highest BCUT2D eigenvalue weighted by Crippen LogP contribution is 2.57. The van der Waals surface area contributed by atoms with Gasteiger partial charge in [-0.25, -0.2) is 0 Å². The molecule has 1 aliphatic carbocycles. The van der Waals surface area contributed by atoms with E-state index in [0.717, 1.165) is 12.8 Å². The van der Waals surface area contributed by atoms with Crippen molar-refractivity contribution in [2.45, 2.75) is 260 Å². The molecule has 1 rings (SSSR count). The summed E-state index contributed by atoms with van der Waals surface area (Å²) in [6, 6.07) is 0. The molecule has 278 valence electrons. The van der Waals surface area contributed by atoms with Crippen LogP contribution in [0.5, 0.6) is 0 Å².